The molecule has 2 rings (SSSR count). The minimum atomic E-state index is -3.87. The van der Waals surface area contributed by atoms with Crippen LogP contribution in [0.5, 0.6) is 0 Å². The molecule has 2 heterocycles. The molecule has 0 fully saturated rings. The van der Waals surface area contributed by atoms with Gasteiger partial charge in [0.25, 0.3) is 10.0 Å². The number of carbonyl (C=O) groups is 1. The number of rotatable bonds is 4. The first-order valence-electron chi connectivity index (χ1n) is 4.86. The third-order valence-corrected chi connectivity index (χ3v) is 4.66. The zero-order valence-electron chi connectivity index (χ0n) is 9.20. The quantitative estimate of drug-likeness (QED) is 0.843. The molecule has 0 unspecified atom stereocenters. The van der Waals surface area contributed by atoms with E-state index < -0.39 is 16.0 Å². The molecule has 9 heteroatoms. The number of carboxylic acids is 1. The highest BCUT2D eigenvalue weighted by molar-refractivity contribution is 7.92. The Kier molecular flexibility index (Phi) is 3.74. The van der Waals surface area contributed by atoms with Crippen molar-refractivity contribution >= 4 is 44.7 Å². The molecule has 0 saturated carbocycles. The number of sulfonamides is 1. The van der Waals surface area contributed by atoms with Gasteiger partial charge in [-0.15, -0.1) is 11.3 Å². The summed E-state index contributed by atoms with van der Waals surface area (Å²) in [5, 5.41) is 10.2. The third-order valence-electron chi connectivity index (χ3n) is 2.05. The fraction of sp³-hybridized carbons (Fsp3) is 0. The van der Waals surface area contributed by atoms with Gasteiger partial charge in [0.15, 0.2) is 0 Å². The highest BCUT2D eigenvalue weighted by Gasteiger charge is 2.19. The van der Waals surface area contributed by atoms with E-state index in [0.29, 0.717) is 0 Å². The molecular weight excluding hydrogens is 312 g/mol. The lowest BCUT2D eigenvalue weighted by Crippen LogP contribution is -2.13. The Hall–Kier alpha value is -1.64. The number of pyridine rings is 1. The van der Waals surface area contributed by atoms with E-state index in [-0.39, 0.29) is 20.7 Å². The number of thiophene rings is 1. The number of aromatic nitrogens is 1. The lowest BCUT2D eigenvalue weighted by Gasteiger charge is -2.05. The van der Waals surface area contributed by atoms with Crippen molar-refractivity contribution in [3.8, 4) is 0 Å². The van der Waals surface area contributed by atoms with Crippen LogP contribution in [0, 0.1) is 0 Å². The Labute approximate surface area is 117 Å². The number of anilines is 1. The van der Waals surface area contributed by atoms with Crippen LogP contribution in [0.4, 0.5) is 5.82 Å². The van der Waals surface area contributed by atoms with E-state index >= 15 is 0 Å². The first kappa shape index (κ1) is 13.8. The summed E-state index contributed by atoms with van der Waals surface area (Å²) < 4.78 is 26.2. The van der Waals surface area contributed by atoms with Gasteiger partial charge < -0.3 is 5.11 Å². The number of aromatic carboxylic acids is 1. The molecule has 0 radical (unpaired) electrons. The standard InChI is InChI=1S/C10H7ClN2O4S2/c11-8-2-1-3-9(12-8)13-19(16,17)6-4-7(10(14)15)18-5-6/h1-5H,(H,12,13)(H,14,15). The summed E-state index contributed by atoms with van der Waals surface area (Å²) >= 11 is 6.48. The van der Waals surface area contributed by atoms with E-state index in [1.807, 2.05) is 0 Å². The lowest BCUT2D eigenvalue weighted by atomic mass is 10.5. The summed E-state index contributed by atoms with van der Waals surface area (Å²) in [5.41, 5.74) is 0. The van der Waals surface area contributed by atoms with Crippen molar-refractivity contribution in [3.05, 3.63) is 39.7 Å². The molecule has 0 aliphatic rings. The van der Waals surface area contributed by atoms with Gasteiger partial charge in [0.2, 0.25) is 0 Å². The molecule has 19 heavy (non-hydrogen) atoms. The van der Waals surface area contributed by atoms with Crippen molar-refractivity contribution in [2.45, 2.75) is 4.90 Å². The second-order valence-corrected chi connectivity index (χ2v) is 6.38. The molecule has 2 N–H and O–H groups in total. The van der Waals surface area contributed by atoms with Gasteiger partial charge in [-0.3, -0.25) is 4.72 Å². The molecule has 0 aliphatic heterocycles. The van der Waals surface area contributed by atoms with Gasteiger partial charge in [-0.2, -0.15) is 0 Å². The molecule has 0 saturated heterocycles. The molecule has 0 amide bonds. The smallest absolute Gasteiger partial charge is 0.345 e. The Morgan fingerprint density at radius 1 is 1.42 bits per heavy atom. The molecule has 100 valence electrons. The molecular formula is C10H7ClN2O4S2. The van der Waals surface area contributed by atoms with Crippen molar-refractivity contribution in [2.24, 2.45) is 0 Å². The second-order valence-electron chi connectivity index (χ2n) is 3.40. The Morgan fingerprint density at radius 2 is 2.16 bits per heavy atom. The lowest BCUT2D eigenvalue weighted by molar-refractivity contribution is 0.0702. The zero-order valence-corrected chi connectivity index (χ0v) is 11.6. The maximum atomic E-state index is 12.0. The number of carboxylic acid groups (broad SMARTS) is 1. The maximum Gasteiger partial charge on any atom is 0.345 e. The highest BCUT2D eigenvalue weighted by Crippen LogP contribution is 2.21. The van der Waals surface area contributed by atoms with Crippen LogP contribution < -0.4 is 4.72 Å². The monoisotopic (exact) mass is 318 g/mol. The van der Waals surface area contributed by atoms with Gasteiger partial charge in [0.05, 0.1) is 4.90 Å². The summed E-state index contributed by atoms with van der Waals surface area (Å²) in [6.45, 7) is 0. The third kappa shape index (κ3) is 3.22. The Morgan fingerprint density at radius 3 is 2.74 bits per heavy atom. The molecule has 0 spiro atoms. The van der Waals surface area contributed by atoms with Crippen molar-refractivity contribution in [2.75, 3.05) is 4.72 Å². The minimum Gasteiger partial charge on any atom is -0.477 e. The van der Waals surface area contributed by atoms with Crippen molar-refractivity contribution in [1.29, 1.82) is 0 Å². The van der Waals surface area contributed by atoms with Crippen LogP contribution in [0.25, 0.3) is 0 Å². The summed E-state index contributed by atoms with van der Waals surface area (Å²) in [5.74, 6) is -1.11. The largest absolute Gasteiger partial charge is 0.477 e. The first-order valence-corrected chi connectivity index (χ1v) is 7.60. The predicted octanol–water partition coefficient (Wildman–Crippen LogP) is 2.30. The maximum absolute atomic E-state index is 12.0. The van der Waals surface area contributed by atoms with Crippen LogP contribution >= 0.6 is 22.9 Å². The van der Waals surface area contributed by atoms with E-state index in [1.165, 1.54) is 17.5 Å². The van der Waals surface area contributed by atoms with Crippen LogP contribution in [0.3, 0.4) is 0 Å². The SMILES string of the molecule is O=C(O)c1cc(S(=O)(=O)Nc2cccc(Cl)n2)cs1. The Bertz CT molecular complexity index is 727. The van der Waals surface area contributed by atoms with Gasteiger partial charge in [-0.1, -0.05) is 17.7 Å². The van der Waals surface area contributed by atoms with Crippen LogP contribution in [0.15, 0.2) is 34.5 Å². The molecule has 2 aromatic heterocycles. The van der Waals surface area contributed by atoms with E-state index in [9.17, 15) is 13.2 Å². The number of nitrogens with zero attached hydrogens (tertiary/aromatic N) is 1. The number of hydrogen-bond acceptors (Lipinski definition) is 5. The summed E-state index contributed by atoms with van der Waals surface area (Å²) in [6.07, 6.45) is 0. The van der Waals surface area contributed by atoms with Gasteiger partial charge in [0, 0.05) is 5.38 Å². The highest BCUT2D eigenvalue weighted by atomic mass is 35.5. The molecule has 0 aliphatic carbocycles. The number of hydrogen-bond donors (Lipinski definition) is 2. The minimum absolute atomic E-state index is 0.0561. The summed E-state index contributed by atoms with van der Waals surface area (Å²) in [4.78, 5) is 14.3. The van der Waals surface area contributed by atoms with Crippen LogP contribution in [0.1, 0.15) is 9.67 Å². The fourth-order valence-electron chi connectivity index (χ4n) is 1.23. The van der Waals surface area contributed by atoms with E-state index in [2.05, 4.69) is 9.71 Å². The van der Waals surface area contributed by atoms with Gasteiger partial charge in [-0.25, -0.2) is 18.2 Å². The van der Waals surface area contributed by atoms with Crippen molar-refractivity contribution in [1.82, 2.24) is 4.98 Å². The average Bonchev–Trinajstić information content (AvgIpc) is 2.78. The molecule has 0 atom stereocenters. The van der Waals surface area contributed by atoms with Gasteiger partial charge in [0.1, 0.15) is 15.8 Å². The van der Waals surface area contributed by atoms with Crippen molar-refractivity contribution < 1.29 is 18.3 Å². The molecule has 0 aromatic carbocycles. The average molecular weight is 319 g/mol. The first-order chi connectivity index (χ1) is 8.88. The second kappa shape index (κ2) is 5.16. The van der Waals surface area contributed by atoms with E-state index in [0.717, 1.165) is 17.4 Å². The molecule has 0 bridgehead atoms. The molecule has 6 nitrogen and oxygen atoms in total. The van der Waals surface area contributed by atoms with Crippen LogP contribution in [-0.4, -0.2) is 24.5 Å². The predicted molar refractivity (Wildman–Crippen MR) is 71.3 cm³/mol. The number of nitrogens with one attached hydrogen (secondary N) is 1. The summed E-state index contributed by atoms with van der Waals surface area (Å²) in [7, 11) is -3.87. The van der Waals surface area contributed by atoms with Crippen LogP contribution in [0.2, 0.25) is 5.15 Å². The number of halogens is 1. The van der Waals surface area contributed by atoms with Gasteiger partial charge >= 0.3 is 5.97 Å². The zero-order chi connectivity index (χ0) is 14.0. The van der Waals surface area contributed by atoms with Gasteiger partial charge in [-0.05, 0) is 18.2 Å². The fourth-order valence-corrected chi connectivity index (χ4v) is 3.51. The van der Waals surface area contributed by atoms with E-state index in [4.69, 9.17) is 16.7 Å². The normalized spacial score (nSPS) is 11.2. The topological polar surface area (TPSA) is 96.4 Å². The summed E-state index contributed by atoms with van der Waals surface area (Å²) in [6, 6.07) is 5.57. The Balaban J connectivity index is 2.29. The van der Waals surface area contributed by atoms with E-state index in [1.54, 1.807) is 6.07 Å². The molecule has 2 aromatic rings. The van der Waals surface area contributed by atoms with Crippen molar-refractivity contribution in [3.63, 3.8) is 0 Å². The van der Waals surface area contributed by atoms with Crippen LogP contribution in [-0.2, 0) is 10.0 Å².